The Balaban J connectivity index is 2.42. The first kappa shape index (κ1) is 14.2. The van der Waals surface area contributed by atoms with Gasteiger partial charge in [0.25, 0.3) is 0 Å². The molecular weight excluding hydrogens is 214 g/mol. The minimum absolute atomic E-state index is 0.283. The first-order chi connectivity index (χ1) is 7.99. The molecule has 0 aliphatic heterocycles. The van der Waals surface area contributed by atoms with Gasteiger partial charge in [0.05, 0.1) is 12.2 Å². The molecule has 0 heterocycles. The van der Waals surface area contributed by atoms with Gasteiger partial charge >= 0.3 is 0 Å². The Labute approximate surface area is 104 Å². The predicted molar refractivity (Wildman–Crippen MR) is 69.9 cm³/mol. The molecule has 2 atom stereocenters. The van der Waals surface area contributed by atoms with Gasteiger partial charge in [-0.2, -0.15) is 0 Å². The number of aliphatic hydroxyl groups is 2. The molecule has 0 aliphatic carbocycles. The maximum Gasteiger partial charge on any atom is 0.0916 e. The number of rotatable bonds is 6. The number of benzene rings is 1. The normalized spacial score (nSPS) is 14.9. The lowest BCUT2D eigenvalue weighted by molar-refractivity contribution is 0.111. The van der Waals surface area contributed by atoms with Crippen LogP contribution in [0.4, 0.5) is 0 Å². The van der Waals surface area contributed by atoms with Gasteiger partial charge in [0, 0.05) is 13.1 Å². The molecule has 0 bridgehead atoms. The molecule has 2 N–H and O–H groups in total. The monoisotopic (exact) mass is 237 g/mol. The van der Waals surface area contributed by atoms with Gasteiger partial charge < -0.3 is 15.1 Å². The van der Waals surface area contributed by atoms with Crippen molar-refractivity contribution in [1.29, 1.82) is 0 Å². The minimum Gasteiger partial charge on any atom is -0.393 e. The standard InChI is InChI=1S/C14H23NO2/c1-11-4-6-13(7-5-11)14(17)10-15(3)9-8-12(2)16/h4-7,12,14,16-17H,8-10H2,1-3H3. The van der Waals surface area contributed by atoms with Gasteiger partial charge in [-0.25, -0.2) is 0 Å². The molecule has 2 unspecified atom stereocenters. The maximum atomic E-state index is 10.0. The van der Waals surface area contributed by atoms with E-state index < -0.39 is 6.10 Å². The summed E-state index contributed by atoms with van der Waals surface area (Å²) >= 11 is 0. The van der Waals surface area contributed by atoms with E-state index in [0.29, 0.717) is 6.54 Å². The lowest BCUT2D eigenvalue weighted by atomic mass is 10.1. The van der Waals surface area contributed by atoms with Crippen LogP contribution < -0.4 is 0 Å². The molecule has 0 aliphatic rings. The summed E-state index contributed by atoms with van der Waals surface area (Å²) < 4.78 is 0. The quantitative estimate of drug-likeness (QED) is 0.792. The van der Waals surface area contributed by atoms with Crippen LogP contribution in [0.3, 0.4) is 0 Å². The van der Waals surface area contributed by atoms with Gasteiger partial charge in [-0.1, -0.05) is 29.8 Å². The second-order valence-corrected chi connectivity index (χ2v) is 4.83. The van der Waals surface area contributed by atoms with E-state index in [1.54, 1.807) is 6.92 Å². The molecule has 0 aromatic heterocycles. The van der Waals surface area contributed by atoms with Crippen LogP contribution in [0.15, 0.2) is 24.3 Å². The van der Waals surface area contributed by atoms with E-state index in [1.807, 2.05) is 43.1 Å². The Morgan fingerprint density at radius 2 is 1.76 bits per heavy atom. The fourth-order valence-electron chi connectivity index (χ4n) is 1.69. The van der Waals surface area contributed by atoms with E-state index in [9.17, 15) is 10.2 Å². The largest absolute Gasteiger partial charge is 0.393 e. The fourth-order valence-corrected chi connectivity index (χ4v) is 1.69. The average Bonchev–Trinajstić information content (AvgIpc) is 2.27. The van der Waals surface area contributed by atoms with Crippen LogP contribution in [-0.2, 0) is 0 Å². The number of hydrogen-bond donors (Lipinski definition) is 2. The van der Waals surface area contributed by atoms with E-state index in [0.717, 1.165) is 18.5 Å². The second kappa shape index (κ2) is 6.74. The summed E-state index contributed by atoms with van der Waals surface area (Å²) in [5.74, 6) is 0. The highest BCUT2D eigenvalue weighted by Gasteiger charge is 2.10. The molecule has 1 rings (SSSR count). The Morgan fingerprint density at radius 1 is 1.18 bits per heavy atom. The minimum atomic E-state index is -0.463. The number of aryl methyl sites for hydroxylation is 1. The second-order valence-electron chi connectivity index (χ2n) is 4.83. The highest BCUT2D eigenvalue weighted by Crippen LogP contribution is 2.14. The molecule has 96 valence electrons. The molecular formula is C14H23NO2. The van der Waals surface area contributed by atoms with Crippen LogP contribution in [0.25, 0.3) is 0 Å². The zero-order chi connectivity index (χ0) is 12.8. The highest BCUT2D eigenvalue weighted by molar-refractivity contribution is 5.23. The van der Waals surface area contributed by atoms with E-state index in [4.69, 9.17) is 0 Å². The lowest BCUT2D eigenvalue weighted by Gasteiger charge is -2.21. The molecule has 0 saturated heterocycles. The number of nitrogens with zero attached hydrogens (tertiary/aromatic N) is 1. The van der Waals surface area contributed by atoms with E-state index in [1.165, 1.54) is 5.56 Å². The van der Waals surface area contributed by atoms with Crippen molar-refractivity contribution < 1.29 is 10.2 Å². The summed E-state index contributed by atoms with van der Waals surface area (Å²) in [6.07, 6.45) is -0.0134. The molecule has 1 aromatic carbocycles. The third-order valence-corrected chi connectivity index (χ3v) is 2.88. The van der Waals surface area contributed by atoms with Crippen molar-refractivity contribution in [2.45, 2.75) is 32.5 Å². The van der Waals surface area contributed by atoms with Gasteiger partial charge in [0.1, 0.15) is 0 Å². The highest BCUT2D eigenvalue weighted by atomic mass is 16.3. The SMILES string of the molecule is Cc1ccc(C(O)CN(C)CCC(C)O)cc1. The van der Waals surface area contributed by atoms with Crippen molar-refractivity contribution in [1.82, 2.24) is 4.90 Å². The van der Waals surface area contributed by atoms with Gasteiger partial charge in [0.2, 0.25) is 0 Å². The zero-order valence-electron chi connectivity index (χ0n) is 10.9. The van der Waals surface area contributed by atoms with Crippen LogP contribution in [0, 0.1) is 6.92 Å². The van der Waals surface area contributed by atoms with Crippen molar-refractivity contribution in [3.05, 3.63) is 35.4 Å². The summed E-state index contributed by atoms with van der Waals surface area (Å²) in [5, 5.41) is 19.2. The molecule has 0 fully saturated rings. The van der Waals surface area contributed by atoms with Crippen LogP contribution in [0.5, 0.6) is 0 Å². The van der Waals surface area contributed by atoms with Crippen LogP contribution in [0.2, 0.25) is 0 Å². The number of hydrogen-bond acceptors (Lipinski definition) is 3. The van der Waals surface area contributed by atoms with Gasteiger partial charge in [-0.05, 0) is 32.9 Å². The molecule has 0 radical (unpaired) electrons. The predicted octanol–water partition coefficient (Wildman–Crippen LogP) is 1.73. The topological polar surface area (TPSA) is 43.7 Å². The molecule has 0 amide bonds. The zero-order valence-corrected chi connectivity index (χ0v) is 10.9. The first-order valence-electron chi connectivity index (χ1n) is 6.10. The fraction of sp³-hybridized carbons (Fsp3) is 0.571. The van der Waals surface area contributed by atoms with Crippen LogP contribution in [0.1, 0.15) is 30.6 Å². The Hall–Kier alpha value is -0.900. The molecule has 0 spiro atoms. The first-order valence-corrected chi connectivity index (χ1v) is 6.10. The molecule has 0 saturated carbocycles. The smallest absolute Gasteiger partial charge is 0.0916 e. The van der Waals surface area contributed by atoms with Gasteiger partial charge in [0.15, 0.2) is 0 Å². The van der Waals surface area contributed by atoms with Crippen molar-refractivity contribution >= 4 is 0 Å². The third-order valence-electron chi connectivity index (χ3n) is 2.88. The Bertz CT molecular complexity index is 321. The Kier molecular flexibility index (Phi) is 5.62. The third kappa shape index (κ3) is 5.31. The van der Waals surface area contributed by atoms with Gasteiger partial charge in [-0.3, -0.25) is 0 Å². The van der Waals surface area contributed by atoms with Gasteiger partial charge in [-0.15, -0.1) is 0 Å². The Morgan fingerprint density at radius 3 is 2.29 bits per heavy atom. The van der Waals surface area contributed by atoms with Crippen LogP contribution in [-0.4, -0.2) is 41.4 Å². The van der Waals surface area contributed by atoms with E-state index in [-0.39, 0.29) is 6.10 Å². The summed E-state index contributed by atoms with van der Waals surface area (Å²) in [6, 6.07) is 7.94. The van der Waals surface area contributed by atoms with Crippen molar-refractivity contribution in [2.75, 3.05) is 20.1 Å². The van der Waals surface area contributed by atoms with Crippen molar-refractivity contribution in [3.63, 3.8) is 0 Å². The van der Waals surface area contributed by atoms with Crippen molar-refractivity contribution in [3.8, 4) is 0 Å². The molecule has 1 aromatic rings. The van der Waals surface area contributed by atoms with Crippen molar-refractivity contribution in [2.24, 2.45) is 0 Å². The average molecular weight is 237 g/mol. The van der Waals surface area contributed by atoms with E-state index >= 15 is 0 Å². The molecule has 17 heavy (non-hydrogen) atoms. The van der Waals surface area contributed by atoms with E-state index in [2.05, 4.69) is 0 Å². The summed E-state index contributed by atoms with van der Waals surface area (Å²) in [7, 11) is 1.96. The summed E-state index contributed by atoms with van der Waals surface area (Å²) in [4.78, 5) is 2.04. The lowest BCUT2D eigenvalue weighted by Crippen LogP contribution is -2.27. The van der Waals surface area contributed by atoms with Crippen LogP contribution >= 0.6 is 0 Å². The molecule has 3 heteroatoms. The number of aliphatic hydroxyl groups excluding tert-OH is 2. The molecule has 3 nitrogen and oxygen atoms in total. The number of likely N-dealkylation sites (N-methyl/N-ethyl adjacent to an activating group) is 1. The summed E-state index contributed by atoms with van der Waals surface area (Å²) in [5.41, 5.74) is 2.14. The maximum absolute atomic E-state index is 10.0. The summed E-state index contributed by atoms with van der Waals surface area (Å²) in [6.45, 7) is 5.20.